The lowest BCUT2D eigenvalue weighted by Crippen LogP contribution is -2.33. The maximum Gasteiger partial charge on any atom is 0.237 e. The number of hydrogen-bond donors (Lipinski definition) is 0. The number of aromatic nitrogens is 2. The molecule has 0 aliphatic rings. The van der Waals surface area contributed by atoms with E-state index >= 15 is 0 Å². The molecule has 1 heterocycles. The summed E-state index contributed by atoms with van der Waals surface area (Å²) < 4.78 is 7.23. The van der Waals surface area contributed by atoms with Gasteiger partial charge >= 0.3 is 0 Å². The van der Waals surface area contributed by atoms with E-state index in [1.165, 1.54) is 11.8 Å². The Morgan fingerprint density at radius 3 is 2.70 bits per heavy atom. The molecule has 0 bridgehead atoms. The standard InChI is InChI=1S/C23H24N4O2S/c1-17-12-18(2)14-20(13-17)26(10-5-8-24)22(28)16-30-23-25-9-11-27(23)19-6-4-7-21(15-19)29-3/h4,6-7,9,11-15H,5,10,16H2,1-3H3. The van der Waals surface area contributed by atoms with Crippen molar-refractivity contribution >= 4 is 23.4 Å². The maximum absolute atomic E-state index is 13.1. The average molecular weight is 421 g/mol. The summed E-state index contributed by atoms with van der Waals surface area (Å²) in [5, 5.41) is 9.74. The maximum atomic E-state index is 13.1. The molecular formula is C23H24N4O2S. The lowest BCUT2D eigenvalue weighted by atomic mass is 10.1. The van der Waals surface area contributed by atoms with Gasteiger partial charge in [-0.1, -0.05) is 23.9 Å². The van der Waals surface area contributed by atoms with Gasteiger partial charge < -0.3 is 9.64 Å². The number of rotatable bonds is 8. The van der Waals surface area contributed by atoms with E-state index in [0.29, 0.717) is 6.54 Å². The zero-order valence-electron chi connectivity index (χ0n) is 17.3. The summed E-state index contributed by atoms with van der Waals surface area (Å²) in [6.07, 6.45) is 3.85. The monoisotopic (exact) mass is 420 g/mol. The fraction of sp³-hybridized carbons (Fsp3) is 0.261. The molecule has 7 heteroatoms. The first-order chi connectivity index (χ1) is 14.5. The minimum absolute atomic E-state index is 0.0551. The zero-order chi connectivity index (χ0) is 21.5. The predicted octanol–water partition coefficient (Wildman–Crippen LogP) is 4.54. The number of carbonyl (C=O) groups excluding carboxylic acids is 1. The number of methoxy groups -OCH3 is 1. The summed E-state index contributed by atoms with van der Waals surface area (Å²) in [6, 6.07) is 15.8. The van der Waals surface area contributed by atoms with Gasteiger partial charge in [0.05, 0.1) is 31.0 Å². The van der Waals surface area contributed by atoms with Crippen molar-refractivity contribution in [3.05, 3.63) is 66.0 Å². The van der Waals surface area contributed by atoms with Crippen molar-refractivity contribution in [3.63, 3.8) is 0 Å². The third-order valence-corrected chi connectivity index (χ3v) is 5.48. The Bertz CT molecular complexity index is 1050. The molecule has 0 unspecified atom stereocenters. The Kier molecular flexibility index (Phi) is 7.15. The van der Waals surface area contributed by atoms with Crippen LogP contribution in [0.15, 0.2) is 60.0 Å². The molecule has 0 aliphatic heterocycles. The zero-order valence-corrected chi connectivity index (χ0v) is 18.1. The van der Waals surface area contributed by atoms with Gasteiger partial charge in [0.15, 0.2) is 5.16 Å². The average Bonchev–Trinajstić information content (AvgIpc) is 3.20. The Labute approximate surface area is 181 Å². The summed E-state index contributed by atoms with van der Waals surface area (Å²) >= 11 is 1.37. The van der Waals surface area contributed by atoms with Crippen LogP contribution < -0.4 is 9.64 Å². The molecule has 0 saturated heterocycles. The molecule has 0 saturated carbocycles. The number of carbonyl (C=O) groups is 1. The van der Waals surface area contributed by atoms with Gasteiger partial charge in [-0.3, -0.25) is 9.36 Å². The first kappa shape index (κ1) is 21.5. The molecule has 3 rings (SSSR count). The van der Waals surface area contributed by atoms with E-state index in [4.69, 9.17) is 10.00 Å². The van der Waals surface area contributed by atoms with E-state index in [2.05, 4.69) is 17.1 Å². The summed E-state index contributed by atoms with van der Waals surface area (Å²) in [6.45, 7) is 4.37. The third kappa shape index (κ3) is 5.22. The highest BCUT2D eigenvalue weighted by Crippen LogP contribution is 2.25. The van der Waals surface area contributed by atoms with Crippen molar-refractivity contribution in [2.75, 3.05) is 24.3 Å². The molecule has 1 amide bonds. The van der Waals surface area contributed by atoms with Crippen molar-refractivity contribution in [1.29, 1.82) is 5.26 Å². The van der Waals surface area contributed by atoms with Crippen LogP contribution in [0, 0.1) is 25.2 Å². The molecule has 6 nitrogen and oxygen atoms in total. The number of hydrogen-bond acceptors (Lipinski definition) is 5. The molecule has 2 aromatic carbocycles. The molecule has 0 fully saturated rings. The van der Waals surface area contributed by atoms with Crippen LogP contribution >= 0.6 is 11.8 Å². The molecule has 0 spiro atoms. The van der Waals surface area contributed by atoms with Crippen molar-refractivity contribution < 1.29 is 9.53 Å². The van der Waals surface area contributed by atoms with Crippen LogP contribution in [0.3, 0.4) is 0 Å². The van der Waals surface area contributed by atoms with Gasteiger partial charge in [-0.25, -0.2) is 4.98 Å². The van der Waals surface area contributed by atoms with E-state index in [1.807, 2.05) is 61.0 Å². The molecule has 154 valence electrons. The first-order valence-corrected chi connectivity index (χ1v) is 10.6. The molecule has 0 radical (unpaired) electrons. The Morgan fingerprint density at radius 1 is 1.23 bits per heavy atom. The number of amides is 1. The van der Waals surface area contributed by atoms with Gasteiger partial charge in [0, 0.05) is 30.7 Å². The molecule has 30 heavy (non-hydrogen) atoms. The van der Waals surface area contributed by atoms with Crippen LogP contribution in [0.5, 0.6) is 5.75 Å². The molecule has 0 N–H and O–H groups in total. The first-order valence-electron chi connectivity index (χ1n) is 9.58. The van der Waals surface area contributed by atoms with E-state index < -0.39 is 0 Å². The third-order valence-electron chi connectivity index (χ3n) is 4.53. The second kappa shape index (κ2) is 9.99. The number of benzene rings is 2. The van der Waals surface area contributed by atoms with Gasteiger partial charge in [0.25, 0.3) is 0 Å². The number of nitrogens with zero attached hydrogens (tertiary/aromatic N) is 4. The Balaban J connectivity index is 1.78. The predicted molar refractivity (Wildman–Crippen MR) is 119 cm³/mol. The number of thioether (sulfide) groups is 1. The minimum atomic E-state index is -0.0551. The summed E-state index contributed by atoms with van der Waals surface area (Å²) in [7, 11) is 1.63. The van der Waals surface area contributed by atoms with E-state index in [-0.39, 0.29) is 18.1 Å². The van der Waals surface area contributed by atoms with Crippen LogP contribution in [-0.2, 0) is 4.79 Å². The largest absolute Gasteiger partial charge is 0.497 e. The molecule has 1 aromatic heterocycles. The smallest absolute Gasteiger partial charge is 0.237 e. The number of aryl methyl sites for hydroxylation is 2. The highest BCUT2D eigenvalue weighted by molar-refractivity contribution is 7.99. The van der Waals surface area contributed by atoms with Crippen LogP contribution in [0.2, 0.25) is 0 Å². The van der Waals surface area contributed by atoms with E-state index in [1.54, 1.807) is 18.2 Å². The van der Waals surface area contributed by atoms with Crippen molar-refractivity contribution in [2.24, 2.45) is 0 Å². The van der Waals surface area contributed by atoms with Crippen LogP contribution in [-0.4, -0.2) is 34.9 Å². The number of nitriles is 1. The van der Waals surface area contributed by atoms with Crippen molar-refractivity contribution in [1.82, 2.24) is 9.55 Å². The van der Waals surface area contributed by atoms with Gasteiger partial charge in [-0.05, 0) is 49.2 Å². The number of anilines is 1. The Hall–Kier alpha value is -3.24. The fourth-order valence-electron chi connectivity index (χ4n) is 3.22. The van der Waals surface area contributed by atoms with Gasteiger partial charge in [0.2, 0.25) is 5.91 Å². The van der Waals surface area contributed by atoms with Gasteiger partial charge in [-0.15, -0.1) is 0 Å². The molecular weight excluding hydrogens is 396 g/mol. The second-order valence-electron chi connectivity index (χ2n) is 6.87. The fourth-order valence-corrected chi connectivity index (χ4v) is 4.07. The topological polar surface area (TPSA) is 71.2 Å². The summed E-state index contributed by atoms with van der Waals surface area (Å²) in [5.41, 5.74) is 3.91. The lowest BCUT2D eigenvalue weighted by Gasteiger charge is -2.22. The Morgan fingerprint density at radius 2 is 2.00 bits per heavy atom. The van der Waals surface area contributed by atoms with Crippen LogP contribution in [0.1, 0.15) is 17.5 Å². The molecule has 0 aliphatic carbocycles. The van der Waals surface area contributed by atoms with Gasteiger partial charge in [0.1, 0.15) is 5.75 Å². The number of imidazole rings is 1. The summed E-state index contributed by atoms with van der Waals surface area (Å²) in [4.78, 5) is 19.1. The lowest BCUT2D eigenvalue weighted by molar-refractivity contribution is -0.116. The molecule has 3 aromatic rings. The highest BCUT2D eigenvalue weighted by atomic mass is 32.2. The number of ether oxygens (including phenoxy) is 1. The van der Waals surface area contributed by atoms with Crippen molar-refractivity contribution in [2.45, 2.75) is 25.4 Å². The minimum Gasteiger partial charge on any atom is -0.497 e. The van der Waals surface area contributed by atoms with Crippen molar-refractivity contribution in [3.8, 4) is 17.5 Å². The normalized spacial score (nSPS) is 10.5. The van der Waals surface area contributed by atoms with E-state index in [9.17, 15) is 4.79 Å². The van der Waals surface area contributed by atoms with Crippen LogP contribution in [0.25, 0.3) is 5.69 Å². The quantitative estimate of drug-likeness (QED) is 0.501. The van der Waals surface area contributed by atoms with E-state index in [0.717, 1.165) is 33.4 Å². The van der Waals surface area contributed by atoms with Crippen LogP contribution in [0.4, 0.5) is 5.69 Å². The second-order valence-corrected chi connectivity index (χ2v) is 7.81. The highest BCUT2D eigenvalue weighted by Gasteiger charge is 2.18. The summed E-state index contributed by atoms with van der Waals surface area (Å²) in [5.74, 6) is 0.922. The van der Waals surface area contributed by atoms with Gasteiger partial charge in [-0.2, -0.15) is 5.26 Å². The SMILES string of the molecule is COc1cccc(-n2ccnc2SCC(=O)N(CCC#N)c2cc(C)cc(C)c2)c1. The molecule has 0 atom stereocenters.